The minimum Gasteiger partial charge on any atom is -0.315 e. The Hall–Kier alpha value is -4.40. The van der Waals surface area contributed by atoms with Gasteiger partial charge in [0.05, 0.1) is 10.6 Å². The summed E-state index contributed by atoms with van der Waals surface area (Å²) in [5.74, 6) is 0. The fourth-order valence-corrected chi connectivity index (χ4v) is 6.58. The molecule has 1 nitrogen and oxygen atoms in total. The Morgan fingerprint density at radius 3 is 1.72 bits per heavy atom. The van der Waals surface area contributed by atoms with E-state index in [1.165, 1.54) is 59.6 Å². The van der Waals surface area contributed by atoms with E-state index in [1.807, 2.05) is 11.3 Å². The topological polar surface area (TPSA) is 4.41 Å². The summed E-state index contributed by atoms with van der Waals surface area (Å²) in [4.78, 5) is 2.61. The second-order valence-corrected chi connectivity index (χ2v) is 10.0. The lowest BCUT2D eigenvalue weighted by Crippen LogP contribution is -1.87. The molecular formula is C34H23NS. The Labute approximate surface area is 214 Å². The smallest absolute Gasteiger partial charge is 0.0714 e. The van der Waals surface area contributed by atoms with E-state index in [2.05, 4.69) is 144 Å². The third-order valence-corrected chi connectivity index (χ3v) is 8.12. The maximum atomic E-state index is 2.34. The van der Waals surface area contributed by atoms with Gasteiger partial charge in [-0.25, -0.2) is 0 Å². The Morgan fingerprint density at radius 1 is 0.444 bits per heavy atom. The van der Waals surface area contributed by atoms with E-state index in [-0.39, 0.29) is 0 Å². The minimum absolute atomic E-state index is 1.20. The molecule has 0 saturated carbocycles. The second-order valence-electron chi connectivity index (χ2n) is 8.99. The van der Waals surface area contributed by atoms with Gasteiger partial charge in [-0.3, -0.25) is 0 Å². The fraction of sp³-hybridized carbons (Fsp3) is 0. The number of benzene rings is 4. The molecule has 0 unspecified atom stereocenters. The summed E-state index contributed by atoms with van der Waals surface area (Å²) in [6.07, 6.45) is 2.18. The van der Waals surface area contributed by atoms with Gasteiger partial charge in [0.15, 0.2) is 0 Å². The number of fused-ring (bicyclic) bond motifs is 2. The Balaban J connectivity index is 1.54. The van der Waals surface area contributed by atoms with Crippen LogP contribution in [-0.2, 0) is 0 Å². The molecule has 170 valence electrons. The van der Waals surface area contributed by atoms with Gasteiger partial charge in [0.2, 0.25) is 0 Å². The molecular weight excluding hydrogens is 454 g/mol. The molecule has 0 spiro atoms. The normalized spacial score (nSPS) is 11.3. The molecule has 0 aliphatic rings. The zero-order valence-electron chi connectivity index (χ0n) is 19.6. The van der Waals surface area contributed by atoms with Gasteiger partial charge in [-0.05, 0) is 34.9 Å². The van der Waals surface area contributed by atoms with Crippen LogP contribution < -0.4 is 0 Å². The number of aromatic nitrogens is 1. The van der Waals surface area contributed by atoms with Crippen LogP contribution in [0.25, 0.3) is 59.6 Å². The van der Waals surface area contributed by atoms with Crippen LogP contribution in [0.1, 0.15) is 0 Å². The molecule has 0 radical (unpaired) electrons. The van der Waals surface area contributed by atoms with Gasteiger partial charge in [-0.15, -0.1) is 11.3 Å². The van der Waals surface area contributed by atoms with Crippen molar-refractivity contribution in [2.24, 2.45) is 0 Å². The van der Waals surface area contributed by atoms with E-state index < -0.39 is 0 Å². The van der Waals surface area contributed by atoms with Crippen molar-refractivity contribution in [1.82, 2.24) is 4.40 Å². The van der Waals surface area contributed by atoms with E-state index in [0.29, 0.717) is 0 Å². The highest BCUT2D eigenvalue weighted by Gasteiger charge is 2.21. The lowest BCUT2D eigenvalue weighted by Gasteiger charge is -2.09. The molecule has 0 fully saturated rings. The SMILES string of the molecule is c1ccc(-c2ccccc2-c2sc(-c3c(-c4ccccc4)cc4ccccn34)c3ccccc23)cc1. The average molecular weight is 478 g/mol. The van der Waals surface area contributed by atoms with Crippen LogP contribution >= 0.6 is 11.3 Å². The first-order valence-corrected chi connectivity index (χ1v) is 13.0. The van der Waals surface area contributed by atoms with E-state index >= 15 is 0 Å². The van der Waals surface area contributed by atoms with Crippen molar-refractivity contribution in [3.05, 3.63) is 140 Å². The Bertz CT molecular complexity index is 1820. The number of thiophene rings is 1. The Kier molecular flexibility index (Phi) is 5.04. The summed E-state index contributed by atoms with van der Waals surface area (Å²) < 4.78 is 2.34. The van der Waals surface area contributed by atoms with E-state index in [0.717, 1.165) is 0 Å². The largest absolute Gasteiger partial charge is 0.315 e. The zero-order chi connectivity index (χ0) is 23.9. The predicted molar refractivity (Wildman–Crippen MR) is 155 cm³/mol. The molecule has 0 N–H and O–H groups in total. The molecule has 4 aromatic carbocycles. The third-order valence-electron chi connectivity index (χ3n) is 6.86. The van der Waals surface area contributed by atoms with Gasteiger partial charge in [-0.2, -0.15) is 0 Å². The molecule has 0 amide bonds. The van der Waals surface area contributed by atoms with Crippen molar-refractivity contribution >= 4 is 27.6 Å². The maximum Gasteiger partial charge on any atom is 0.0714 e. The first kappa shape index (κ1) is 20.9. The molecule has 0 saturated heterocycles. The molecule has 0 aliphatic carbocycles. The second kappa shape index (κ2) is 8.67. The van der Waals surface area contributed by atoms with Crippen LogP contribution in [0.4, 0.5) is 0 Å². The van der Waals surface area contributed by atoms with Crippen LogP contribution in [-0.4, -0.2) is 4.40 Å². The van der Waals surface area contributed by atoms with Crippen molar-refractivity contribution in [1.29, 1.82) is 0 Å². The van der Waals surface area contributed by atoms with Gasteiger partial charge < -0.3 is 4.40 Å². The molecule has 36 heavy (non-hydrogen) atoms. The maximum absolute atomic E-state index is 2.34. The lowest BCUT2D eigenvalue weighted by molar-refractivity contribution is 1.21. The first-order chi connectivity index (χ1) is 17.9. The molecule has 0 bridgehead atoms. The van der Waals surface area contributed by atoms with Gasteiger partial charge in [0.1, 0.15) is 0 Å². The monoisotopic (exact) mass is 477 g/mol. The number of rotatable bonds is 4. The van der Waals surface area contributed by atoms with Crippen molar-refractivity contribution in [3.8, 4) is 43.3 Å². The summed E-state index contributed by atoms with van der Waals surface area (Å²) in [5.41, 5.74) is 8.73. The third kappa shape index (κ3) is 3.38. The van der Waals surface area contributed by atoms with Crippen molar-refractivity contribution in [3.63, 3.8) is 0 Å². The number of hydrogen-bond acceptors (Lipinski definition) is 1. The molecule has 7 aromatic rings. The first-order valence-electron chi connectivity index (χ1n) is 12.2. The number of pyridine rings is 1. The fourth-order valence-electron chi connectivity index (χ4n) is 5.21. The highest BCUT2D eigenvalue weighted by Crippen LogP contribution is 2.49. The highest BCUT2D eigenvalue weighted by molar-refractivity contribution is 7.21. The van der Waals surface area contributed by atoms with Crippen LogP contribution in [0.15, 0.2) is 140 Å². The van der Waals surface area contributed by atoms with Gasteiger partial charge in [0, 0.05) is 38.5 Å². The van der Waals surface area contributed by atoms with E-state index in [1.54, 1.807) is 0 Å². The predicted octanol–water partition coefficient (Wildman–Crippen LogP) is 9.82. The number of hydrogen-bond donors (Lipinski definition) is 0. The summed E-state index contributed by atoms with van der Waals surface area (Å²) in [6.45, 7) is 0. The van der Waals surface area contributed by atoms with Gasteiger partial charge in [-0.1, -0.05) is 115 Å². The molecule has 7 rings (SSSR count). The summed E-state index contributed by atoms with van der Waals surface area (Å²) in [5, 5.41) is 2.59. The van der Waals surface area contributed by atoms with Gasteiger partial charge >= 0.3 is 0 Å². The zero-order valence-corrected chi connectivity index (χ0v) is 20.5. The quantitative estimate of drug-likeness (QED) is 0.238. The van der Waals surface area contributed by atoms with Crippen LogP contribution in [0.5, 0.6) is 0 Å². The van der Waals surface area contributed by atoms with Crippen molar-refractivity contribution < 1.29 is 0 Å². The molecule has 0 atom stereocenters. The molecule has 0 aliphatic heterocycles. The van der Waals surface area contributed by atoms with E-state index in [9.17, 15) is 0 Å². The van der Waals surface area contributed by atoms with Crippen LogP contribution in [0, 0.1) is 0 Å². The van der Waals surface area contributed by atoms with E-state index in [4.69, 9.17) is 0 Å². The standard InChI is InChI=1S/C34H23NS/c1-3-13-24(14-4-1)27-18-7-8-19-28(27)33-29-20-9-10-21-30(29)34(36-33)32-31(25-15-5-2-6-16-25)23-26-17-11-12-22-35(26)32/h1-23H. The summed E-state index contributed by atoms with van der Waals surface area (Å²) in [7, 11) is 0. The van der Waals surface area contributed by atoms with Crippen molar-refractivity contribution in [2.75, 3.05) is 0 Å². The highest BCUT2D eigenvalue weighted by atomic mass is 32.1. The number of nitrogens with zero attached hydrogens (tertiary/aromatic N) is 1. The van der Waals surface area contributed by atoms with Crippen LogP contribution in [0.2, 0.25) is 0 Å². The van der Waals surface area contributed by atoms with Crippen LogP contribution in [0.3, 0.4) is 0 Å². The molecule has 3 heterocycles. The summed E-state index contributed by atoms with van der Waals surface area (Å²) >= 11 is 1.90. The average Bonchev–Trinajstić information content (AvgIpc) is 3.53. The molecule has 2 heteroatoms. The van der Waals surface area contributed by atoms with Gasteiger partial charge in [0.25, 0.3) is 0 Å². The summed E-state index contributed by atoms with van der Waals surface area (Å²) in [6, 6.07) is 47.8. The minimum atomic E-state index is 1.20. The van der Waals surface area contributed by atoms with Crippen molar-refractivity contribution in [2.45, 2.75) is 0 Å². The lowest BCUT2D eigenvalue weighted by atomic mass is 9.96. The molecule has 3 aromatic heterocycles. The Morgan fingerprint density at radius 2 is 1.00 bits per heavy atom.